The van der Waals surface area contributed by atoms with E-state index >= 15 is 0 Å². The first-order valence-electron chi connectivity index (χ1n) is 12.7. The molecular weight excluding hydrogens is 593 g/mol. The van der Waals surface area contributed by atoms with E-state index in [4.69, 9.17) is 34.8 Å². The number of aryl methyl sites for hydroxylation is 1. The van der Waals surface area contributed by atoms with Crippen molar-refractivity contribution in [3.63, 3.8) is 0 Å². The van der Waals surface area contributed by atoms with E-state index in [1.807, 2.05) is 20.8 Å². The second kappa shape index (κ2) is 13.7. The molecule has 1 N–H and O–H groups in total. The Labute approximate surface area is 251 Å². The summed E-state index contributed by atoms with van der Waals surface area (Å²) in [6.07, 6.45) is 0.284. The lowest BCUT2D eigenvalue weighted by Gasteiger charge is -2.34. The molecular formula is C29H32Cl3N3O4S. The van der Waals surface area contributed by atoms with Crippen LogP contribution in [0.5, 0.6) is 0 Å². The molecule has 0 aliphatic heterocycles. The fraction of sp³-hybridized carbons (Fsp3) is 0.310. The van der Waals surface area contributed by atoms with Gasteiger partial charge in [0.05, 0.1) is 15.6 Å². The van der Waals surface area contributed by atoms with Crippen LogP contribution in [0.4, 0.5) is 5.69 Å². The Kier molecular flexibility index (Phi) is 10.9. The van der Waals surface area contributed by atoms with Gasteiger partial charge in [-0.2, -0.15) is 0 Å². The summed E-state index contributed by atoms with van der Waals surface area (Å²) in [7, 11) is -4.22. The molecule has 0 bridgehead atoms. The number of rotatable bonds is 11. The van der Waals surface area contributed by atoms with Crippen LogP contribution < -0.4 is 9.62 Å². The van der Waals surface area contributed by atoms with E-state index in [-0.39, 0.29) is 40.5 Å². The molecule has 11 heteroatoms. The Hall–Kier alpha value is -2.78. The van der Waals surface area contributed by atoms with Crippen LogP contribution in [0.3, 0.4) is 0 Å². The molecule has 1 atom stereocenters. The fourth-order valence-electron chi connectivity index (χ4n) is 4.14. The van der Waals surface area contributed by atoms with Gasteiger partial charge in [-0.3, -0.25) is 13.9 Å². The van der Waals surface area contributed by atoms with E-state index in [2.05, 4.69) is 5.32 Å². The van der Waals surface area contributed by atoms with Crippen LogP contribution in [0.15, 0.2) is 71.6 Å². The monoisotopic (exact) mass is 623 g/mol. The van der Waals surface area contributed by atoms with Crippen molar-refractivity contribution in [1.29, 1.82) is 0 Å². The van der Waals surface area contributed by atoms with Gasteiger partial charge < -0.3 is 10.2 Å². The first kappa shape index (κ1) is 31.7. The number of amides is 2. The molecule has 0 saturated carbocycles. The van der Waals surface area contributed by atoms with Crippen molar-refractivity contribution in [3.05, 3.63) is 92.9 Å². The summed E-state index contributed by atoms with van der Waals surface area (Å²) >= 11 is 18.9. The lowest BCUT2D eigenvalue weighted by atomic mass is 10.1. The van der Waals surface area contributed by atoms with Gasteiger partial charge in [-0.25, -0.2) is 8.42 Å². The second-order valence-corrected chi connectivity index (χ2v) is 12.7. The van der Waals surface area contributed by atoms with E-state index in [0.29, 0.717) is 15.6 Å². The molecule has 0 aliphatic rings. The number of sulfonamides is 1. The molecule has 214 valence electrons. The third-order valence-electron chi connectivity index (χ3n) is 6.18. The normalized spacial score (nSPS) is 12.2. The lowest BCUT2D eigenvalue weighted by molar-refractivity contribution is -0.140. The van der Waals surface area contributed by atoms with Crippen molar-refractivity contribution in [2.45, 2.75) is 57.6 Å². The van der Waals surface area contributed by atoms with Crippen molar-refractivity contribution in [1.82, 2.24) is 10.2 Å². The Morgan fingerprint density at radius 3 is 2.15 bits per heavy atom. The third-order valence-corrected chi connectivity index (χ3v) is 8.86. The highest BCUT2D eigenvalue weighted by Crippen LogP contribution is 2.31. The Bertz CT molecular complexity index is 1460. The van der Waals surface area contributed by atoms with Gasteiger partial charge in [-0.15, -0.1) is 0 Å². The van der Waals surface area contributed by atoms with Crippen molar-refractivity contribution >= 4 is 62.3 Å². The summed E-state index contributed by atoms with van der Waals surface area (Å²) in [4.78, 5) is 28.6. The summed E-state index contributed by atoms with van der Waals surface area (Å²) in [6, 6.07) is 16.5. The first-order valence-corrected chi connectivity index (χ1v) is 15.3. The molecule has 40 heavy (non-hydrogen) atoms. The smallest absolute Gasteiger partial charge is 0.264 e. The number of para-hydroxylation sites is 1. The largest absolute Gasteiger partial charge is 0.352 e. The summed E-state index contributed by atoms with van der Waals surface area (Å²) in [5, 5.41) is 3.75. The van der Waals surface area contributed by atoms with Crippen molar-refractivity contribution in [2.75, 3.05) is 10.8 Å². The molecule has 0 saturated heterocycles. The molecule has 0 aromatic heterocycles. The van der Waals surface area contributed by atoms with Crippen LogP contribution in [0.25, 0.3) is 0 Å². The molecule has 0 aliphatic carbocycles. The third kappa shape index (κ3) is 7.69. The molecule has 3 rings (SSSR count). The molecule has 0 heterocycles. The molecule has 0 spiro atoms. The number of halogens is 3. The zero-order valence-corrected chi connectivity index (χ0v) is 25.8. The number of hydrogen-bond acceptors (Lipinski definition) is 4. The van der Waals surface area contributed by atoms with Gasteiger partial charge in [0.25, 0.3) is 10.0 Å². The zero-order valence-electron chi connectivity index (χ0n) is 22.7. The summed E-state index contributed by atoms with van der Waals surface area (Å²) < 4.78 is 28.8. The van der Waals surface area contributed by atoms with Gasteiger partial charge in [0.2, 0.25) is 11.8 Å². The van der Waals surface area contributed by atoms with Crippen LogP contribution in [0.1, 0.15) is 38.3 Å². The topological polar surface area (TPSA) is 86.8 Å². The molecule has 0 unspecified atom stereocenters. The second-order valence-electron chi connectivity index (χ2n) is 9.62. The van der Waals surface area contributed by atoms with Crippen LogP contribution >= 0.6 is 34.8 Å². The van der Waals surface area contributed by atoms with E-state index < -0.39 is 28.5 Å². The Morgan fingerprint density at radius 2 is 1.57 bits per heavy atom. The Balaban J connectivity index is 2.10. The van der Waals surface area contributed by atoms with Crippen molar-refractivity contribution in [2.24, 2.45) is 0 Å². The van der Waals surface area contributed by atoms with Gasteiger partial charge >= 0.3 is 0 Å². The quantitative estimate of drug-likeness (QED) is 0.265. The van der Waals surface area contributed by atoms with Gasteiger partial charge in [0.1, 0.15) is 12.6 Å². The number of anilines is 1. The summed E-state index contributed by atoms with van der Waals surface area (Å²) in [6.45, 7) is 6.62. The average molecular weight is 625 g/mol. The average Bonchev–Trinajstić information content (AvgIpc) is 2.88. The lowest BCUT2D eigenvalue weighted by Crippen LogP contribution is -2.53. The van der Waals surface area contributed by atoms with Crippen molar-refractivity contribution < 1.29 is 18.0 Å². The molecule has 7 nitrogen and oxygen atoms in total. The highest BCUT2D eigenvalue weighted by atomic mass is 35.5. The minimum Gasteiger partial charge on any atom is -0.352 e. The number of nitrogens with one attached hydrogen (secondary N) is 1. The highest BCUT2D eigenvalue weighted by molar-refractivity contribution is 7.92. The summed E-state index contributed by atoms with van der Waals surface area (Å²) in [5.74, 6) is -0.964. The number of benzene rings is 3. The van der Waals surface area contributed by atoms with Gasteiger partial charge in [-0.1, -0.05) is 77.6 Å². The summed E-state index contributed by atoms with van der Waals surface area (Å²) in [5.41, 5.74) is 1.58. The molecule has 0 radical (unpaired) electrons. The van der Waals surface area contributed by atoms with Gasteiger partial charge in [0.15, 0.2) is 0 Å². The van der Waals surface area contributed by atoms with E-state index in [1.54, 1.807) is 55.5 Å². The minimum absolute atomic E-state index is 0.00251. The molecule has 3 aromatic rings. The molecule has 2 amide bonds. The standard InChI is InChI=1S/C29H32Cl3N3O4S/c1-5-26(29(37)33-19(2)3)34(17-21-12-13-22(30)16-25(21)32)28(36)18-35(27-9-7-6-8-24(27)31)40(38,39)23-14-10-20(4)11-15-23/h6-16,19,26H,5,17-18H2,1-4H3,(H,33,37)/t26-/m1/s1. The van der Waals surface area contributed by atoms with Gasteiger partial charge in [-0.05, 0) is 69.2 Å². The van der Waals surface area contributed by atoms with Crippen LogP contribution in [-0.4, -0.2) is 43.8 Å². The number of carbonyl (C=O) groups excluding carboxylic acids is 2. The first-order chi connectivity index (χ1) is 18.8. The predicted octanol–water partition coefficient (Wildman–Crippen LogP) is 6.48. The van der Waals surface area contributed by atoms with Crippen LogP contribution in [-0.2, 0) is 26.2 Å². The maximum Gasteiger partial charge on any atom is 0.264 e. The van der Waals surface area contributed by atoms with E-state index in [9.17, 15) is 18.0 Å². The highest BCUT2D eigenvalue weighted by Gasteiger charge is 2.34. The number of hydrogen-bond donors (Lipinski definition) is 1. The maximum atomic E-state index is 14.1. The van der Waals surface area contributed by atoms with Crippen LogP contribution in [0, 0.1) is 6.92 Å². The fourth-order valence-corrected chi connectivity index (χ4v) is 6.33. The number of carbonyl (C=O) groups is 2. The van der Waals surface area contributed by atoms with E-state index in [1.165, 1.54) is 23.1 Å². The molecule has 3 aromatic carbocycles. The predicted molar refractivity (Wildman–Crippen MR) is 162 cm³/mol. The van der Waals surface area contributed by atoms with Crippen LogP contribution in [0.2, 0.25) is 15.1 Å². The maximum absolute atomic E-state index is 14.1. The SMILES string of the molecule is CC[C@H](C(=O)NC(C)C)N(Cc1ccc(Cl)cc1Cl)C(=O)CN(c1ccccc1Cl)S(=O)(=O)c1ccc(C)cc1. The van der Waals surface area contributed by atoms with Gasteiger partial charge in [0, 0.05) is 22.6 Å². The minimum atomic E-state index is -4.22. The molecule has 0 fully saturated rings. The van der Waals surface area contributed by atoms with E-state index in [0.717, 1.165) is 9.87 Å². The Morgan fingerprint density at radius 1 is 0.925 bits per heavy atom. The zero-order chi connectivity index (χ0) is 29.6. The van der Waals surface area contributed by atoms with Crippen molar-refractivity contribution in [3.8, 4) is 0 Å². The number of nitrogens with zero attached hydrogens (tertiary/aromatic N) is 2.